The quantitative estimate of drug-likeness (QED) is 0.502. The summed E-state index contributed by atoms with van der Waals surface area (Å²) >= 11 is 1.74. The van der Waals surface area contributed by atoms with E-state index in [9.17, 15) is 0 Å². The molecule has 25 heavy (non-hydrogen) atoms. The van der Waals surface area contributed by atoms with E-state index in [4.69, 9.17) is 4.42 Å². The van der Waals surface area contributed by atoms with Crippen LogP contribution in [0.25, 0.3) is 11.0 Å². The second-order valence-electron chi connectivity index (χ2n) is 5.80. The Morgan fingerprint density at radius 3 is 2.88 bits per heavy atom. The molecule has 0 spiro atoms. The zero-order valence-electron chi connectivity index (χ0n) is 14.7. The third-order valence-electron chi connectivity index (χ3n) is 3.75. The summed E-state index contributed by atoms with van der Waals surface area (Å²) in [5, 5.41) is 8.93. The Kier molecular flexibility index (Phi) is 6.06. The summed E-state index contributed by atoms with van der Waals surface area (Å²) in [5.74, 6) is 1.83. The number of thiazole rings is 1. The highest BCUT2D eigenvalue weighted by molar-refractivity contribution is 7.11. The minimum atomic E-state index is 0.729. The number of nitrogens with zero attached hydrogens (tertiary/aromatic N) is 2. The molecule has 6 heteroatoms. The standard InChI is InChI=1S/C19H24N4OS/c1-3-20-19(22-11-9-18-23-13-14(2)25-18)21-10-8-16-12-15-6-4-5-7-17(15)24-16/h4-7,12-13H,3,8-11H2,1-2H3,(H2,20,21,22). The molecule has 2 heterocycles. The van der Waals surface area contributed by atoms with Gasteiger partial charge >= 0.3 is 0 Å². The first-order valence-electron chi connectivity index (χ1n) is 8.65. The largest absolute Gasteiger partial charge is 0.461 e. The number of hydrogen-bond donors (Lipinski definition) is 2. The summed E-state index contributed by atoms with van der Waals surface area (Å²) in [6.45, 7) is 6.50. The van der Waals surface area contributed by atoms with Crippen molar-refractivity contribution < 1.29 is 4.42 Å². The Hall–Kier alpha value is -2.34. The molecule has 0 atom stereocenters. The number of benzene rings is 1. The molecule has 0 radical (unpaired) electrons. The lowest BCUT2D eigenvalue weighted by Gasteiger charge is -2.10. The molecule has 0 unspecified atom stereocenters. The topological polar surface area (TPSA) is 62.5 Å². The van der Waals surface area contributed by atoms with E-state index < -0.39 is 0 Å². The van der Waals surface area contributed by atoms with Gasteiger partial charge in [0.25, 0.3) is 0 Å². The molecular weight excluding hydrogens is 332 g/mol. The number of nitrogens with one attached hydrogen (secondary N) is 2. The van der Waals surface area contributed by atoms with Crippen molar-refractivity contribution in [2.45, 2.75) is 26.7 Å². The lowest BCUT2D eigenvalue weighted by atomic mass is 10.2. The predicted octanol–water partition coefficient (Wildman–Crippen LogP) is 3.54. The first-order chi connectivity index (χ1) is 12.2. The Morgan fingerprint density at radius 2 is 2.12 bits per heavy atom. The molecule has 0 aliphatic carbocycles. The summed E-state index contributed by atoms with van der Waals surface area (Å²) in [6.07, 6.45) is 3.62. The predicted molar refractivity (Wildman–Crippen MR) is 104 cm³/mol. The lowest BCUT2D eigenvalue weighted by molar-refractivity contribution is 0.544. The van der Waals surface area contributed by atoms with Gasteiger partial charge in [0, 0.05) is 48.9 Å². The van der Waals surface area contributed by atoms with Gasteiger partial charge in [-0.3, -0.25) is 4.99 Å². The maximum atomic E-state index is 5.84. The van der Waals surface area contributed by atoms with Crippen LogP contribution in [-0.2, 0) is 12.8 Å². The molecule has 0 saturated carbocycles. The number of fused-ring (bicyclic) bond motifs is 1. The highest BCUT2D eigenvalue weighted by Gasteiger charge is 2.04. The minimum absolute atomic E-state index is 0.729. The van der Waals surface area contributed by atoms with Crippen molar-refractivity contribution in [1.29, 1.82) is 0 Å². The number of guanidine groups is 1. The van der Waals surface area contributed by atoms with Gasteiger partial charge in [-0.1, -0.05) is 18.2 Å². The summed E-state index contributed by atoms with van der Waals surface area (Å²) in [4.78, 5) is 10.2. The van der Waals surface area contributed by atoms with Crippen LogP contribution in [0, 0.1) is 6.92 Å². The SMILES string of the molecule is CCNC(=NCCc1ncc(C)s1)NCCc1cc2ccccc2o1. The molecule has 2 aromatic heterocycles. The molecule has 0 fully saturated rings. The molecular formula is C19H24N4OS. The number of hydrogen-bond acceptors (Lipinski definition) is 4. The Morgan fingerprint density at radius 1 is 1.24 bits per heavy atom. The number of para-hydroxylation sites is 1. The van der Waals surface area contributed by atoms with E-state index in [1.54, 1.807) is 11.3 Å². The maximum absolute atomic E-state index is 5.84. The second kappa shape index (κ2) is 8.67. The Balaban J connectivity index is 1.49. The fourth-order valence-corrected chi connectivity index (χ4v) is 3.36. The molecule has 2 N–H and O–H groups in total. The van der Waals surface area contributed by atoms with Crippen molar-refractivity contribution in [1.82, 2.24) is 15.6 Å². The lowest BCUT2D eigenvalue weighted by Crippen LogP contribution is -2.38. The van der Waals surface area contributed by atoms with E-state index in [-0.39, 0.29) is 0 Å². The second-order valence-corrected chi connectivity index (χ2v) is 7.12. The van der Waals surface area contributed by atoms with Crippen molar-refractivity contribution in [3.8, 4) is 0 Å². The molecule has 0 bridgehead atoms. The smallest absolute Gasteiger partial charge is 0.191 e. The van der Waals surface area contributed by atoms with Gasteiger partial charge in [0.2, 0.25) is 0 Å². The fraction of sp³-hybridized carbons (Fsp3) is 0.368. The van der Waals surface area contributed by atoms with Crippen LogP contribution < -0.4 is 10.6 Å². The normalized spacial score (nSPS) is 11.8. The number of furan rings is 1. The molecule has 1 aromatic carbocycles. The van der Waals surface area contributed by atoms with Gasteiger partial charge in [0.1, 0.15) is 11.3 Å². The van der Waals surface area contributed by atoms with Crippen molar-refractivity contribution in [3.63, 3.8) is 0 Å². The zero-order valence-corrected chi connectivity index (χ0v) is 15.5. The van der Waals surface area contributed by atoms with Gasteiger partial charge in [-0.05, 0) is 26.0 Å². The van der Waals surface area contributed by atoms with Crippen LogP contribution in [0.3, 0.4) is 0 Å². The third-order valence-corrected chi connectivity index (χ3v) is 4.72. The highest BCUT2D eigenvalue weighted by atomic mass is 32.1. The Labute approximate surface area is 152 Å². The summed E-state index contributed by atoms with van der Waals surface area (Å²) in [6, 6.07) is 10.2. The average molecular weight is 356 g/mol. The summed E-state index contributed by atoms with van der Waals surface area (Å²) < 4.78 is 5.84. The summed E-state index contributed by atoms with van der Waals surface area (Å²) in [5.41, 5.74) is 0.941. The first kappa shape index (κ1) is 17.5. The van der Waals surface area contributed by atoms with Crippen molar-refractivity contribution >= 4 is 28.3 Å². The molecule has 0 aliphatic rings. The summed E-state index contributed by atoms with van der Waals surface area (Å²) in [7, 11) is 0. The van der Waals surface area contributed by atoms with E-state index in [2.05, 4.69) is 46.6 Å². The number of rotatable bonds is 7. The molecule has 0 amide bonds. The molecule has 0 saturated heterocycles. The number of aromatic nitrogens is 1. The number of aryl methyl sites for hydroxylation is 1. The van der Waals surface area contributed by atoms with Crippen LogP contribution in [0.5, 0.6) is 0 Å². The van der Waals surface area contributed by atoms with Gasteiger partial charge in [0.05, 0.1) is 5.01 Å². The van der Waals surface area contributed by atoms with Crippen molar-refractivity contribution in [3.05, 3.63) is 52.2 Å². The fourth-order valence-electron chi connectivity index (χ4n) is 2.59. The van der Waals surface area contributed by atoms with E-state index in [0.29, 0.717) is 0 Å². The van der Waals surface area contributed by atoms with Gasteiger partial charge < -0.3 is 15.1 Å². The average Bonchev–Trinajstić information content (AvgIpc) is 3.20. The van der Waals surface area contributed by atoms with E-state index in [0.717, 1.165) is 60.2 Å². The van der Waals surface area contributed by atoms with Crippen LogP contribution in [-0.4, -0.2) is 30.6 Å². The van der Waals surface area contributed by atoms with Crippen molar-refractivity contribution in [2.75, 3.05) is 19.6 Å². The van der Waals surface area contributed by atoms with Crippen LogP contribution >= 0.6 is 11.3 Å². The van der Waals surface area contributed by atoms with Gasteiger partial charge in [-0.25, -0.2) is 4.98 Å². The van der Waals surface area contributed by atoms with E-state index >= 15 is 0 Å². The van der Waals surface area contributed by atoms with Crippen LogP contribution in [0.15, 0.2) is 45.9 Å². The van der Waals surface area contributed by atoms with Crippen LogP contribution in [0.2, 0.25) is 0 Å². The van der Waals surface area contributed by atoms with Gasteiger partial charge in [-0.15, -0.1) is 11.3 Å². The van der Waals surface area contributed by atoms with E-state index in [1.165, 1.54) is 4.88 Å². The molecule has 5 nitrogen and oxygen atoms in total. The third kappa shape index (κ3) is 5.06. The first-order valence-corrected chi connectivity index (χ1v) is 9.47. The van der Waals surface area contributed by atoms with Crippen molar-refractivity contribution in [2.24, 2.45) is 4.99 Å². The Bertz CT molecular complexity index is 804. The highest BCUT2D eigenvalue weighted by Crippen LogP contribution is 2.18. The zero-order chi connectivity index (χ0) is 17.5. The van der Waals surface area contributed by atoms with Gasteiger partial charge in [0.15, 0.2) is 5.96 Å². The number of aliphatic imine (C=N–C) groups is 1. The minimum Gasteiger partial charge on any atom is -0.461 e. The van der Waals surface area contributed by atoms with Gasteiger partial charge in [-0.2, -0.15) is 0 Å². The van der Waals surface area contributed by atoms with Crippen LogP contribution in [0.1, 0.15) is 22.6 Å². The molecule has 132 valence electrons. The molecule has 3 rings (SSSR count). The monoisotopic (exact) mass is 356 g/mol. The van der Waals surface area contributed by atoms with Crippen LogP contribution in [0.4, 0.5) is 0 Å². The molecule has 0 aliphatic heterocycles. The van der Waals surface area contributed by atoms with E-state index in [1.807, 2.05) is 24.4 Å². The maximum Gasteiger partial charge on any atom is 0.191 e. The molecule has 3 aromatic rings.